The van der Waals surface area contributed by atoms with Crippen LogP contribution in [0.4, 0.5) is 5.00 Å². The third-order valence-electron chi connectivity index (χ3n) is 3.30. The Hall–Kier alpha value is -2.34. The Labute approximate surface area is 125 Å². The lowest BCUT2D eigenvalue weighted by atomic mass is 10.1. The highest BCUT2D eigenvalue weighted by atomic mass is 32.1. The molecule has 1 heterocycles. The molecule has 3 N–H and O–H groups in total. The number of hydrogen-bond donors (Lipinski definition) is 3. The number of nitrogens with one attached hydrogen (secondary N) is 1. The van der Waals surface area contributed by atoms with Crippen molar-refractivity contribution in [1.82, 2.24) is 0 Å². The molecule has 0 aliphatic rings. The normalized spacial score (nSPS) is 10.4. The summed E-state index contributed by atoms with van der Waals surface area (Å²) in [6.45, 7) is 5.24. The molecule has 0 radical (unpaired) electrons. The van der Waals surface area contributed by atoms with E-state index in [0.29, 0.717) is 16.1 Å². The van der Waals surface area contributed by atoms with Crippen molar-refractivity contribution in [2.24, 2.45) is 0 Å². The van der Waals surface area contributed by atoms with Gasteiger partial charge in [0.15, 0.2) is 0 Å². The van der Waals surface area contributed by atoms with Gasteiger partial charge in [-0.3, -0.25) is 4.79 Å². The molecule has 1 aromatic heterocycles. The summed E-state index contributed by atoms with van der Waals surface area (Å²) in [5, 5.41) is 21.8. The minimum atomic E-state index is -1.07. The third-order valence-corrected chi connectivity index (χ3v) is 4.42. The summed E-state index contributed by atoms with van der Waals surface area (Å²) in [4.78, 5) is 24.3. The van der Waals surface area contributed by atoms with Gasteiger partial charge < -0.3 is 15.5 Å². The zero-order chi connectivity index (χ0) is 15.7. The number of amides is 1. The second-order valence-electron chi connectivity index (χ2n) is 4.75. The molecule has 0 saturated heterocycles. The monoisotopic (exact) mass is 305 g/mol. The van der Waals surface area contributed by atoms with Crippen LogP contribution in [0.5, 0.6) is 5.75 Å². The summed E-state index contributed by atoms with van der Waals surface area (Å²) < 4.78 is 0. The topological polar surface area (TPSA) is 86.6 Å². The van der Waals surface area contributed by atoms with E-state index in [-0.39, 0.29) is 16.9 Å². The number of phenols is 1. The Kier molecular flexibility index (Phi) is 3.99. The molecule has 1 amide bonds. The van der Waals surface area contributed by atoms with Crippen molar-refractivity contribution in [2.45, 2.75) is 20.8 Å². The van der Waals surface area contributed by atoms with Gasteiger partial charge in [0.2, 0.25) is 0 Å². The third kappa shape index (κ3) is 2.90. The van der Waals surface area contributed by atoms with Crippen LogP contribution in [-0.2, 0) is 0 Å². The molecule has 0 atom stereocenters. The highest BCUT2D eigenvalue weighted by molar-refractivity contribution is 7.16. The first-order chi connectivity index (χ1) is 9.81. The lowest BCUT2D eigenvalue weighted by Crippen LogP contribution is -2.13. The van der Waals surface area contributed by atoms with Crippen LogP contribution in [0, 0.1) is 20.8 Å². The SMILES string of the molecule is Cc1ccc(C(=O)Nc2sc(C)c(C)c2C(=O)O)cc1O. The van der Waals surface area contributed by atoms with Crippen LogP contribution >= 0.6 is 11.3 Å². The van der Waals surface area contributed by atoms with E-state index in [1.54, 1.807) is 32.9 Å². The van der Waals surface area contributed by atoms with Crippen LogP contribution in [0.2, 0.25) is 0 Å². The molecule has 1 aromatic carbocycles. The molecule has 2 aromatic rings. The lowest BCUT2D eigenvalue weighted by Gasteiger charge is -2.06. The summed E-state index contributed by atoms with van der Waals surface area (Å²) in [6.07, 6.45) is 0. The smallest absolute Gasteiger partial charge is 0.338 e. The van der Waals surface area contributed by atoms with E-state index in [2.05, 4.69) is 5.32 Å². The molecule has 2 rings (SSSR count). The number of carboxylic acids is 1. The van der Waals surface area contributed by atoms with Gasteiger partial charge in [-0.15, -0.1) is 11.3 Å². The van der Waals surface area contributed by atoms with E-state index in [1.807, 2.05) is 0 Å². The van der Waals surface area contributed by atoms with Gasteiger partial charge in [0, 0.05) is 10.4 Å². The Morgan fingerprint density at radius 1 is 1.19 bits per heavy atom. The van der Waals surface area contributed by atoms with E-state index in [0.717, 1.165) is 4.88 Å². The number of phenolic OH excluding ortho intramolecular Hbond substituents is 1. The average Bonchev–Trinajstić information content (AvgIpc) is 2.68. The number of carbonyl (C=O) groups excluding carboxylic acids is 1. The predicted octanol–water partition coefficient (Wildman–Crippen LogP) is 3.33. The van der Waals surface area contributed by atoms with E-state index >= 15 is 0 Å². The van der Waals surface area contributed by atoms with E-state index < -0.39 is 11.9 Å². The van der Waals surface area contributed by atoms with Gasteiger partial charge >= 0.3 is 5.97 Å². The molecule has 0 saturated carbocycles. The second kappa shape index (κ2) is 5.57. The number of benzene rings is 1. The molecule has 21 heavy (non-hydrogen) atoms. The highest BCUT2D eigenvalue weighted by Gasteiger charge is 2.20. The quantitative estimate of drug-likeness (QED) is 0.811. The van der Waals surface area contributed by atoms with Crippen molar-refractivity contribution in [1.29, 1.82) is 0 Å². The largest absolute Gasteiger partial charge is 0.508 e. The lowest BCUT2D eigenvalue weighted by molar-refractivity contribution is 0.0697. The Balaban J connectivity index is 2.33. The number of carboxylic acid groups (broad SMARTS) is 1. The molecule has 5 nitrogen and oxygen atoms in total. The van der Waals surface area contributed by atoms with Crippen molar-refractivity contribution in [2.75, 3.05) is 5.32 Å². The van der Waals surface area contributed by atoms with E-state index in [9.17, 15) is 19.8 Å². The van der Waals surface area contributed by atoms with Crippen molar-refractivity contribution in [3.8, 4) is 5.75 Å². The zero-order valence-corrected chi connectivity index (χ0v) is 12.7. The maximum Gasteiger partial charge on any atom is 0.338 e. The highest BCUT2D eigenvalue weighted by Crippen LogP contribution is 2.32. The molecule has 6 heteroatoms. The Morgan fingerprint density at radius 3 is 2.43 bits per heavy atom. The fourth-order valence-corrected chi connectivity index (χ4v) is 2.95. The van der Waals surface area contributed by atoms with Crippen molar-refractivity contribution >= 4 is 28.2 Å². The number of hydrogen-bond acceptors (Lipinski definition) is 4. The van der Waals surface area contributed by atoms with Gasteiger partial charge in [-0.25, -0.2) is 4.79 Å². The number of aromatic carboxylic acids is 1. The van der Waals surface area contributed by atoms with Crippen LogP contribution < -0.4 is 5.32 Å². The fraction of sp³-hybridized carbons (Fsp3) is 0.200. The zero-order valence-electron chi connectivity index (χ0n) is 11.9. The van der Waals surface area contributed by atoms with Crippen LogP contribution in [0.1, 0.15) is 36.7 Å². The molecule has 0 aliphatic heterocycles. The minimum Gasteiger partial charge on any atom is -0.508 e. The van der Waals surface area contributed by atoms with Crippen LogP contribution in [0.25, 0.3) is 0 Å². The number of aromatic hydroxyl groups is 1. The first kappa shape index (κ1) is 15.1. The van der Waals surface area contributed by atoms with Crippen LogP contribution in [-0.4, -0.2) is 22.1 Å². The number of anilines is 1. The minimum absolute atomic E-state index is 0.0275. The maximum absolute atomic E-state index is 12.2. The standard InChI is InChI=1S/C15H15NO4S/c1-7-4-5-10(6-11(7)17)13(18)16-14-12(15(19)20)8(2)9(3)21-14/h4-6,17H,1-3H3,(H,16,18)(H,19,20). The fourth-order valence-electron chi connectivity index (χ4n) is 1.90. The predicted molar refractivity (Wildman–Crippen MR) is 81.5 cm³/mol. The first-order valence-corrected chi connectivity index (χ1v) is 7.07. The van der Waals surface area contributed by atoms with Gasteiger partial charge in [-0.05, 0) is 44.0 Å². The van der Waals surface area contributed by atoms with Gasteiger partial charge in [0.1, 0.15) is 10.8 Å². The maximum atomic E-state index is 12.2. The molecule has 0 unspecified atom stereocenters. The number of aryl methyl sites for hydroxylation is 2. The molecule has 110 valence electrons. The Bertz CT molecular complexity index is 734. The van der Waals surface area contributed by atoms with Crippen LogP contribution in [0.3, 0.4) is 0 Å². The van der Waals surface area contributed by atoms with Gasteiger partial charge in [0.25, 0.3) is 5.91 Å². The van der Waals surface area contributed by atoms with Gasteiger partial charge in [-0.2, -0.15) is 0 Å². The van der Waals surface area contributed by atoms with Crippen molar-refractivity contribution in [3.63, 3.8) is 0 Å². The number of carbonyl (C=O) groups is 2. The summed E-state index contributed by atoms with van der Waals surface area (Å²) in [7, 11) is 0. The molecule has 0 fully saturated rings. The van der Waals surface area contributed by atoms with E-state index in [1.165, 1.54) is 17.4 Å². The Morgan fingerprint density at radius 2 is 1.86 bits per heavy atom. The molecular weight excluding hydrogens is 290 g/mol. The summed E-state index contributed by atoms with van der Waals surface area (Å²) in [6, 6.07) is 4.57. The summed E-state index contributed by atoms with van der Waals surface area (Å²) in [5.41, 5.74) is 1.70. The summed E-state index contributed by atoms with van der Waals surface area (Å²) in [5.74, 6) is -1.49. The molecule has 0 bridgehead atoms. The van der Waals surface area contributed by atoms with Crippen LogP contribution in [0.15, 0.2) is 18.2 Å². The second-order valence-corrected chi connectivity index (χ2v) is 5.97. The molecular formula is C15H15NO4S. The molecule has 0 aliphatic carbocycles. The van der Waals surface area contributed by atoms with Gasteiger partial charge in [0.05, 0.1) is 5.56 Å². The summed E-state index contributed by atoms with van der Waals surface area (Å²) >= 11 is 1.22. The number of rotatable bonds is 3. The first-order valence-electron chi connectivity index (χ1n) is 6.25. The van der Waals surface area contributed by atoms with Crippen molar-refractivity contribution in [3.05, 3.63) is 45.3 Å². The van der Waals surface area contributed by atoms with Crippen molar-refractivity contribution < 1.29 is 19.8 Å². The molecule has 0 spiro atoms. The van der Waals surface area contributed by atoms with Gasteiger partial charge in [-0.1, -0.05) is 6.07 Å². The van der Waals surface area contributed by atoms with E-state index in [4.69, 9.17) is 0 Å². The number of thiophene rings is 1. The average molecular weight is 305 g/mol.